The molecule has 21 heavy (non-hydrogen) atoms. The van der Waals surface area contributed by atoms with E-state index in [1.165, 1.54) is 6.26 Å². The molecule has 0 fully saturated rings. The molecule has 2 aliphatic heterocycles. The number of sulfonamides is 1. The van der Waals surface area contributed by atoms with Crippen LogP contribution in [0.2, 0.25) is 0 Å². The van der Waals surface area contributed by atoms with Crippen LogP contribution in [-0.2, 0) is 10.0 Å². The van der Waals surface area contributed by atoms with E-state index in [0.29, 0.717) is 0 Å². The van der Waals surface area contributed by atoms with Gasteiger partial charge in [-0.3, -0.25) is 4.31 Å². The highest BCUT2D eigenvalue weighted by Gasteiger charge is 2.45. The van der Waals surface area contributed by atoms with Crippen LogP contribution in [0.4, 0.5) is 11.4 Å². The van der Waals surface area contributed by atoms with E-state index in [1.54, 1.807) is 4.31 Å². The Balaban J connectivity index is 1.98. The second kappa shape index (κ2) is 4.24. The molecule has 2 aromatic rings. The van der Waals surface area contributed by atoms with Crippen molar-refractivity contribution < 1.29 is 8.42 Å². The summed E-state index contributed by atoms with van der Waals surface area (Å²) in [5.41, 5.74) is 4.00. The molecule has 0 aliphatic carbocycles. The van der Waals surface area contributed by atoms with Crippen molar-refractivity contribution in [3.05, 3.63) is 59.7 Å². The summed E-state index contributed by atoms with van der Waals surface area (Å²) in [6, 6.07) is 15.6. The second-order valence-electron chi connectivity index (χ2n) is 5.64. The van der Waals surface area contributed by atoms with Gasteiger partial charge in [-0.05, 0) is 23.3 Å². The van der Waals surface area contributed by atoms with Gasteiger partial charge < -0.3 is 5.32 Å². The molecule has 0 spiro atoms. The van der Waals surface area contributed by atoms with Gasteiger partial charge in [-0.15, -0.1) is 0 Å². The molecule has 2 aromatic carbocycles. The molecular weight excluding hydrogens is 284 g/mol. The van der Waals surface area contributed by atoms with Gasteiger partial charge in [-0.25, -0.2) is 8.42 Å². The molecular formula is C16H16N2O2S. The quantitative estimate of drug-likeness (QED) is 0.881. The molecule has 1 N–H and O–H groups in total. The maximum absolute atomic E-state index is 12.4. The molecule has 2 atom stereocenters. The third-order valence-corrected chi connectivity index (χ3v) is 5.50. The van der Waals surface area contributed by atoms with Gasteiger partial charge in [0.25, 0.3) is 0 Å². The first kappa shape index (κ1) is 12.7. The highest BCUT2D eigenvalue weighted by atomic mass is 32.2. The Kier molecular flexibility index (Phi) is 2.57. The van der Waals surface area contributed by atoms with Crippen LogP contribution in [0.3, 0.4) is 0 Å². The summed E-state index contributed by atoms with van der Waals surface area (Å²) in [4.78, 5) is 0. The summed E-state index contributed by atoms with van der Waals surface area (Å²) in [5.74, 6) is 0.158. The summed E-state index contributed by atoms with van der Waals surface area (Å²) in [6.45, 7) is 0.755. The number of para-hydroxylation sites is 2. The molecule has 2 heterocycles. The predicted octanol–water partition coefficient (Wildman–Crippen LogP) is 2.72. The van der Waals surface area contributed by atoms with Crippen LogP contribution >= 0.6 is 0 Å². The zero-order valence-corrected chi connectivity index (χ0v) is 12.5. The Morgan fingerprint density at radius 3 is 2.48 bits per heavy atom. The number of fused-ring (bicyclic) bond motifs is 5. The molecule has 0 saturated carbocycles. The fraction of sp³-hybridized carbons (Fsp3) is 0.250. The van der Waals surface area contributed by atoms with E-state index in [4.69, 9.17) is 0 Å². The van der Waals surface area contributed by atoms with Crippen LogP contribution in [0.15, 0.2) is 48.5 Å². The van der Waals surface area contributed by atoms with Gasteiger partial charge in [0.05, 0.1) is 18.0 Å². The molecule has 108 valence electrons. The summed E-state index contributed by atoms with van der Waals surface area (Å²) in [5, 5.41) is 3.43. The van der Waals surface area contributed by atoms with E-state index in [2.05, 4.69) is 5.32 Å². The average Bonchev–Trinajstić information content (AvgIpc) is 2.82. The Morgan fingerprint density at radius 1 is 1.05 bits per heavy atom. The zero-order valence-electron chi connectivity index (χ0n) is 11.7. The molecule has 2 aliphatic rings. The minimum Gasteiger partial charge on any atom is -0.384 e. The summed E-state index contributed by atoms with van der Waals surface area (Å²) in [7, 11) is -3.32. The van der Waals surface area contributed by atoms with E-state index < -0.39 is 10.0 Å². The lowest BCUT2D eigenvalue weighted by Crippen LogP contribution is -2.36. The first-order chi connectivity index (χ1) is 10.1. The maximum atomic E-state index is 12.4. The van der Waals surface area contributed by atoms with Crippen molar-refractivity contribution in [2.24, 2.45) is 0 Å². The standard InChI is InChI=1S/C16H16N2O2S/c1-21(19,20)18-15-9-5-3-6-11(15)13-10-17-14-8-4-2-7-12(14)16(13)18/h2-9,13,16-17H,10H2,1H3/t13-,16-/m1/s1. The Labute approximate surface area is 124 Å². The highest BCUT2D eigenvalue weighted by Crippen LogP contribution is 2.53. The minimum atomic E-state index is -3.32. The van der Waals surface area contributed by atoms with Gasteiger partial charge in [-0.2, -0.15) is 0 Å². The second-order valence-corrected chi connectivity index (χ2v) is 7.50. The van der Waals surface area contributed by atoms with Crippen molar-refractivity contribution in [3.8, 4) is 0 Å². The summed E-state index contributed by atoms with van der Waals surface area (Å²) < 4.78 is 26.3. The predicted molar refractivity (Wildman–Crippen MR) is 84.2 cm³/mol. The van der Waals surface area contributed by atoms with Gasteiger partial charge in [0.2, 0.25) is 10.0 Å². The van der Waals surface area contributed by atoms with E-state index in [0.717, 1.165) is 29.0 Å². The van der Waals surface area contributed by atoms with Crippen LogP contribution in [0.1, 0.15) is 23.1 Å². The zero-order chi connectivity index (χ0) is 14.6. The van der Waals surface area contributed by atoms with Crippen molar-refractivity contribution in [1.29, 1.82) is 0 Å². The number of nitrogens with one attached hydrogen (secondary N) is 1. The number of rotatable bonds is 1. The number of hydrogen-bond donors (Lipinski definition) is 1. The average molecular weight is 300 g/mol. The monoisotopic (exact) mass is 300 g/mol. The molecule has 0 radical (unpaired) electrons. The van der Waals surface area contributed by atoms with Crippen molar-refractivity contribution in [3.63, 3.8) is 0 Å². The van der Waals surface area contributed by atoms with Gasteiger partial charge in [-0.1, -0.05) is 36.4 Å². The first-order valence-electron chi connectivity index (χ1n) is 6.98. The first-order valence-corrected chi connectivity index (χ1v) is 8.83. The lowest BCUT2D eigenvalue weighted by Gasteiger charge is -2.34. The van der Waals surface area contributed by atoms with Crippen LogP contribution in [-0.4, -0.2) is 21.2 Å². The molecule has 0 unspecified atom stereocenters. The minimum absolute atomic E-state index is 0.144. The maximum Gasteiger partial charge on any atom is 0.232 e. The van der Waals surface area contributed by atoms with Crippen molar-refractivity contribution >= 4 is 21.4 Å². The topological polar surface area (TPSA) is 49.4 Å². The van der Waals surface area contributed by atoms with Crippen molar-refractivity contribution in [2.75, 3.05) is 22.4 Å². The van der Waals surface area contributed by atoms with E-state index in [9.17, 15) is 8.42 Å². The highest BCUT2D eigenvalue weighted by molar-refractivity contribution is 7.92. The lowest BCUT2D eigenvalue weighted by molar-refractivity contribution is 0.560. The van der Waals surface area contributed by atoms with Crippen LogP contribution in [0, 0.1) is 0 Å². The number of hydrogen-bond acceptors (Lipinski definition) is 3. The third kappa shape index (κ3) is 1.77. The van der Waals surface area contributed by atoms with E-state index in [1.807, 2.05) is 48.5 Å². The molecule has 0 aromatic heterocycles. The van der Waals surface area contributed by atoms with Crippen LogP contribution in [0.25, 0.3) is 0 Å². The van der Waals surface area contributed by atoms with Gasteiger partial charge in [0.1, 0.15) is 0 Å². The van der Waals surface area contributed by atoms with Crippen molar-refractivity contribution in [1.82, 2.24) is 0 Å². The molecule has 4 rings (SSSR count). The fourth-order valence-electron chi connectivity index (χ4n) is 3.57. The van der Waals surface area contributed by atoms with Gasteiger partial charge in [0, 0.05) is 18.2 Å². The molecule has 5 heteroatoms. The molecule has 4 nitrogen and oxygen atoms in total. The summed E-state index contributed by atoms with van der Waals surface area (Å²) >= 11 is 0. The number of benzene rings is 2. The Morgan fingerprint density at radius 2 is 1.71 bits per heavy atom. The smallest absolute Gasteiger partial charge is 0.232 e. The van der Waals surface area contributed by atoms with Crippen molar-refractivity contribution in [2.45, 2.75) is 12.0 Å². The SMILES string of the molecule is CS(=O)(=O)N1c2ccccc2[C@H]2CNc3ccccc3[C@H]21. The van der Waals surface area contributed by atoms with E-state index in [-0.39, 0.29) is 12.0 Å². The molecule has 0 saturated heterocycles. The largest absolute Gasteiger partial charge is 0.384 e. The number of nitrogens with zero attached hydrogens (tertiary/aromatic N) is 1. The van der Waals surface area contributed by atoms with Crippen LogP contribution in [0.5, 0.6) is 0 Å². The van der Waals surface area contributed by atoms with E-state index >= 15 is 0 Å². The number of anilines is 2. The van der Waals surface area contributed by atoms with Gasteiger partial charge >= 0.3 is 0 Å². The summed E-state index contributed by atoms with van der Waals surface area (Å²) in [6.07, 6.45) is 1.29. The fourth-order valence-corrected chi connectivity index (χ4v) is 4.77. The molecule has 0 amide bonds. The third-order valence-electron chi connectivity index (χ3n) is 4.36. The lowest BCUT2D eigenvalue weighted by atomic mass is 9.87. The Hall–Kier alpha value is -2.01. The molecule has 0 bridgehead atoms. The Bertz CT molecular complexity index is 817. The normalized spacial score (nSPS) is 23.0. The van der Waals surface area contributed by atoms with Gasteiger partial charge in [0.15, 0.2) is 0 Å². The van der Waals surface area contributed by atoms with Crippen LogP contribution < -0.4 is 9.62 Å².